The molecule has 2 atom stereocenters. The molecular weight excluding hydrogens is 206 g/mol. The lowest BCUT2D eigenvalue weighted by atomic mass is 10.2. The van der Waals surface area contributed by atoms with E-state index in [-0.39, 0.29) is 5.78 Å². The molecule has 2 rings (SSSR count). The van der Waals surface area contributed by atoms with Gasteiger partial charge >= 0.3 is 0 Å². The summed E-state index contributed by atoms with van der Waals surface area (Å²) in [4.78, 5) is 21.1. The van der Waals surface area contributed by atoms with Gasteiger partial charge in [-0.15, -0.1) is 0 Å². The molecule has 2 unspecified atom stereocenters. The maximum Gasteiger partial charge on any atom is 0.249 e. The normalized spacial score (nSPS) is 21.6. The van der Waals surface area contributed by atoms with Crippen LogP contribution < -0.4 is 5.73 Å². The minimum absolute atomic E-state index is 0.0520. The third kappa shape index (κ3) is 3.82. The fraction of sp³-hybridized carbons (Fsp3) is 0.333. The summed E-state index contributed by atoms with van der Waals surface area (Å²) < 4.78 is 4.71. The van der Waals surface area contributed by atoms with Crippen LogP contribution in [0.4, 0.5) is 0 Å². The van der Waals surface area contributed by atoms with Gasteiger partial charge in [-0.1, -0.05) is 43.3 Å². The van der Waals surface area contributed by atoms with Crippen molar-refractivity contribution in [2.24, 2.45) is 5.73 Å². The number of carbonyl (C=O) groups is 2. The Morgan fingerprint density at radius 1 is 1.06 bits per heavy atom. The fourth-order valence-electron chi connectivity index (χ4n) is 1.16. The Kier molecular flexibility index (Phi) is 4.66. The first-order valence-corrected chi connectivity index (χ1v) is 5.14. The van der Waals surface area contributed by atoms with E-state index in [0.717, 1.165) is 0 Å². The van der Waals surface area contributed by atoms with Gasteiger partial charge in [-0.05, 0) is 0 Å². The molecule has 1 amide bonds. The lowest BCUT2D eigenvalue weighted by Crippen LogP contribution is -2.22. The highest BCUT2D eigenvalue weighted by Gasteiger charge is 2.47. The molecule has 1 aliphatic rings. The van der Waals surface area contributed by atoms with Gasteiger partial charge in [-0.25, -0.2) is 0 Å². The molecule has 1 fully saturated rings. The van der Waals surface area contributed by atoms with Crippen molar-refractivity contribution in [1.82, 2.24) is 0 Å². The van der Waals surface area contributed by atoms with Gasteiger partial charge in [0.05, 0.1) is 0 Å². The van der Waals surface area contributed by atoms with Gasteiger partial charge in [0.2, 0.25) is 5.91 Å². The van der Waals surface area contributed by atoms with Crippen molar-refractivity contribution in [1.29, 1.82) is 0 Å². The summed E-state index contributed by atoms with van der Waals surface area (Å²) >= 11 is 0. The first-order chi connectivity index (χ1) is 7.66. The number of Topliss-reactive ketones (excluding diaryl/α,β-unsaturated/α-hetero) is 1. The molecule has 0 aromatic heterocycles. The molecular formula is C12H15NO3. The van der Waals surface area contributed by atoms with Crippen LogP contribution in [0.2, 0.25) is 0 Å². The lowest BCUT2D eigenvalue weighted by molar-refractivity contribution is -0.121. The van der Waals surface area contributed by atoms with E-state index in [1.807, 2.05) is 36.4 Å². The van der Waals surface area contributed by atoms with Crippen molar-refractivity contribution < 1.29 is 14.3 Å². The SMILES string of the molecule is CCC(=O)C1OC1C(N)=O.c1ccccc1. The van der Waals surface area contributed by atoms with Crippen LogP contribution in [-0.4, -0.2) is 23.9 Å². The molecule has 16 heavy (non-hydrogen) atoms. The molecule has 0 aliphatic carbocycles. The maximum atomic E-state index is 10.8. The Morgan fingerprint density at radius 2 is 1.50 bits per heavy atom. The van der Waals surface area contributed by atoms with Crippen molar-refractivity contribution in [3.05, 3.63) is 36.4 Å². The molecule has 1 aliphatic heterocycles. The van der Waals surface area contributed by atoms with E-state index in [1.54, 1.807) is 6.92 Å². The van der Waals surface area contributed by atoms with E-state index < -0.39 is 18.1 Å². The van der Waals surface area contributed by atoms with Crippen molar-refractivity contribution in [2.45, 2.75) is 25.6 Å². The zero-order chi connectivity index (χ0) is 12.0. The molecule has 1 heterocycles. The first-order valence-electron chi connectivity index (χ1n) is 5.14. The van der Waals surface area contributed by atoms with E-state index in [1.165, 1.54) is 0 Å². The second-order valence-corrected chi connectivity index (χ2v) is 3.35. The van der Waals surface area contributed by atoms with Gasteiger partial charge in [-0.3, -0.25) is 9.59 Å². The van der Waals surface area contributed by atoms with Crippen LogP contribution in [0.25, 0.3) is 0 Å². The molecule has 1 aromatic rings. The van der Waals surface area contributed by atoms with Gasteiger partial charge in [0, 0.05) is 6.42 Å². The average Bonchev–Trinajstić information content (AvgIpc) is 3.11. The Bertz CT molecular complexity index is 324. The maximum absolute atomic E-state index is 10.8. The van der Waals surface area contributed by atoms with Crippen LogP contribution >= 0.6 is 0 Å². The molecule has 0 spiro atoms. The quantitative estimate of drug-likeness (QED) is 0.771. The van der Waals surface area contributed by atoms with Crippen molar-refractivity contribution in [3.8, 4) is 0 Å². The lowest BCUT2D eigenvalue weighted by Gasteiger charge is -1.85. The molecule has 86 valence electrons. The van der Waals surface area contributed by atoms with E-state index >= 15 is 0 Å². The summed E-state index contributed by atoms with van der Waals surface area (Å²) in [5.41, 5.74) is 4.86. The largest absolute Gasteiger partial charge is 0.367 e. The highest BCUT2D eigenvalue weighted by molar-refractivity contribution is 5.95. The summed E-state index contributed by atoms with van der Waals surface area (Å²) in [6.07, 6.45) is -0.788. The second kappa shape index (κ2) is 6.02. The summed E-state index contributed by atoms with van der Waals surface area (Å²) in [6, 6.07) is 12.0. The number of ketones is 1. The van der Waals surface area contributed by atoms with Crippen LogP contribution in [0.5, 0.6) is 0 Å². The highest BCUT2D eigenvalue weighted by Crippen LogP contribution is 2.23. The van der Waals surface area contributed by atoms with Gasteiger partial charge in [0.1, 0.15) is 0 Å². The zero-order valence-corrected chi connectivity index (χ0v) is 9.13. The Hall–Kier alpha value is -1.68. The standard InChI is InChI=1S/C6H9NO3.C6H6/c1-2-3(8)4-5(10-4)6(7)9;1-2-4-6-5-3-1/h4-5H,2H2,1H3,(H2,7,9);1-6H. The Labute approximate surface area is 94.4 Å². The van der Waals surface area contributed by atoms with E-state index in [2.05, 4.69) is 0 Å². The number of epoxide rings is 1. The van der Waals surface area contributed by atoms with Crippen molar-refractivity contribution in [3.63, 3.8) is 0 Å². The number of hydrogen-bond acceptors (Lipinski definition) is 3. The van der Waals surface area contributed by atoms with Crippen LogP contribution in [-0.2, 0) is 14.3 Å². The van der Waals surface area contributed by atoms with Crippen LogP contribution in [0.3, 0.4) is 0 Å². The summed E-state index contributed by atoms with van der Waals surface area (Å²) in [7, 11) is 0. The van der Waals surface area contributed by atoms with Crippen molar-refractivity contribution in [2.75, 3.05) is 0 Å². The highest BCUT2D eigenvalue weighted by atomic mass is 16.6. The third-order valence-corrected chi connectivity index (χ3v) is 2.10. The molecule has 1 saturated heterocycles. The molecule has 1 aromatic carbocycles. The molecule has 4 heteroatoms. The number of amides is 1. The number of nitrogens with two attached hydrogens (primary N) is 1. The molecule has 0 saturated carbocycles. The average molecular weight is 221 g/mol. The second-order valence-electron chi connectivity index (χ2n) is 3.35. The van der Waals surface area contributed by atoms with Gasteiger partial charge in [-0.2, -0.15) is 0 Å². The van der Waals surface area contributed by atoms with Crippen LogP contribution in [0.15, 0.2) is 36.4 Å². The summed E-state index contributed by atoms with van der Waals surface area (Å²) in [6.45, 7) is 1.72. The molecule has 4 nitrogen and oxygen atoms in total. The van der Waals surface area contributed by atoms with E-state index in [4.69, 9.17) is 10.5 Å². The number of carbonyl (C=O) groups excluding carboxylic acids is 2. The van der Waals surface area contributed by atoms with Gasteiger partial charge < -0.3 is 10.5 Å². The topological polar surface area (TPSA) is 72.7 Å². The Morgan fingerprint density at radius 3 is 1.75 bits per heavy atom. The number of primary amides is 1. The number of rotatable bonds is 3. The Balaban J connectivity index is 0.000000181. The predicted octanol–water partition coefficient (Wildman–Crippen LogP) is 0.905. The first kappa shape index (κ1) is 12.4. The van der Waals surface area contributed by atoms with Crippen LogP contribution in [0, 0.1) is 0 Å². The van der Waals surface area contributed by atoms with Gasteiger partial charge in [0.15, 0.2) is 18.0 Å². The van der Waals surface area contributed by atoms with Crippen LogP contribution in [0.1, 0.15) is 13.3 Å². The zero-order valence-electron chi connectivity index (χ0n) is 9.13. The monoisotopic (exact) mass is 221 g/mol. The van der Waals surface area contributed by atoms with Crippen molar-refractivity contribution >= 4 is 11.7 Å². The molecule has 0 radical (unpaired) electrons. The molecule has 2 N–H and O–H groups in total. The summed E-state index contributed by atoms with van der Waals surface area (Å²) in [5.74, 6) is -0.601. The summed E-state index contributed by atoms with van der Waals surface area (Å²) in [5, 5.41) is 0. The molecule has 0 bridgehead atoms. The van der Waals surface area contributed by atoms with E-state index in [0.29, 0.717) is 6.42 Å². The number of hydrogen-bond donors (Lipinski definition) is 1. The fourth-order valence-corrected chi connectivity index (χ4v) is 1.16. The minimum Gasteiger partial charge on any atom is -0.367 e. The minimum atomic E-state index is -0.646. The van der Waals surface area contributed by atoms with Gasteiger partial charge in [0.25, 0.3) is 0 Å². The smallest absolute Gasteiger partial charge is 0.249 e. The number of benzene rings is 1. The number of ether oxygens (including phenoxy) is 1. The third-order valence-electron chi connectivity index (χ3n) is 2.10. The predicted molar refractivity (Wildman–Crippen MR) is 59.6 cm³/mol. The van der Waals surface area contributed by atoms with E-state index in [9.17, 15) is 9.59 Å².